The fourth-order valence-electron chi connectivity index (χ4n) is 2.29. The van der Waals surface area contributed by atoms with Crippen molar-refractivity contribution in [2.75, 3.05) is 5.32 Å². The highest BCUT2D eigenvalue weighted by Gasteiger charge is 2.12. The van der Waals surface area contributed by atoms with Crippen molar-refractivity contribution in [1.82, 2.24) is 10.9 Å². The van der Waals surface area contributed by atoms with Crippen molar-refractivity contribution >= 4 is 35.0 Å². The molecule has 3 N–H and O–H groups in total. The zero-order chi connectivity index (χ0) is 21.2. The second-order valence-corrected chi connectivity index (χ2v) is 6.80. The Morgan fingerprint density at radius 3 is 2.45 bits per heavy atom. The molecule has 0 bridgehead atoms. The maximum Gasteiger partial charge on any atom is 0.269 e. The topological polar surface area (TPSA) is 96.5 Å². The van der Waals surface area contributed by atoms with Crippen LogP contribution in [0.4, 0.5) is 5.69 Å². The quantitative estimate of drug-likeness (QED) is 0.570. The number of ether oxygens (including phenoxy) is 1. The van der Waals surface area contributed by atoms with E-state index in [1.807, 2.05) is 13.8 Å². The molecule has 0 aliphatic carbocycles. The van der Waals surface area contributed by atoms with E-state index in [2.05, 4.69) is 16.2 Å². The van der Waals surface area contributed by atoms with Crippen molar-refractivity contribution in [1.29, 1.82) is 0 Å². The number of carbonyl (C=O) groups is 3. The van der Waals surface area contributed by atoms with Crippen molar-refractivity contribution in [3.8, 4) is 5.75 Å². The summed E-state index contributed by atoms with van der Waals surface area (Å²) in [6, 6.07) is 13.5. The molecule has 154 valence electrons. The van der Waals surface area contributed by atoms with E-state index in [9.17, 15) is 14.4 Å². The van der Waals surface area contributed by atoms with Crippen LogP contribution in [-0.4, -0.2) is 23.8 Å². The highest BCUT2D eigenvalue weighted by atomic mass is 35.5. The van der Waals surface area contributed by atoms with E-state index < -0.39 is 11.8 Å². The number of hydrogen-bond acceptors (Lipinski definition) is 4. The summed E-state index contributed by atoms with van der Waals surface area (Å²) >= 11 is 5.97. The van der Waals surface area contributed by atoms with E-state index in [0.717, 1.165) is 6.42 Å². The number of amides is 3. The second kappa shape index (κ2) is 11.1. The zero-order valence-corrected chi connectivity index (χ0v) is 17.1. The Morgan fingerprint density at radius 2 is 1.72 bits per heavy atom. The van der Waals surface area contributed by atoms with Crippen LogP contribution in [0.15, 0.2) is 48.5 Å². The molecule has 7 nitrogen and oxygen atoms in total. The Bertz CT molecular complexity index is 873. The van der Waals surface area contributed by atoms with Gasteiger partial charge >= 0.3 is 0 Å². The summed E-state index contributed by atoms with van der Waals surface area (Å²) in [7, 11) is 0. The molecule has 1 atom stereocenters. The second-order valence-electron chi connectivity index (χ2n) is 6.39. The molecule has 2 aromatic carbocycles. The first-order valence-corrected chi connectivity index (χ1v) is 9.67. The molecular formula is C21H24ClN3O4. The van der Waals surface area contributed by atoms with Gasteiger partial charge in [-0.15, -0.1) is 0 Å². The van der Waals surface area contributed by atoms with Gasteiger partial charge in [-0.2, -0.15) is 0 Å². The van der Waals surface area contributed by atoms with Gasteiger partial charge in [0.2, 0.25) is 11.8 Å². The van der Waals surface area contributed by atoms with Gasteiger partial charge in [-0.1, -0.05) is 36.7 Å². The van der Waals surface area contributed by atoms with Crippen molar-refractivity contribution in [2.45, 2.75) is 39.2 Å². The summed E-state index contributed by atoms with van der Waals surface area (Å²) in [5.74, 6) is -0.739. The minimum absolute atomic E-state index is 0.0323. The number of halogens is 1. The first-order chi connectivity index (χ1) is 13.9. The molecule has 0 saturated heterocycles. The van der Waals surface area contributed by atoms with Crippen LogP contribution in [0.1, 0.15) is 43.5 Å². The van der Waals surface area contributed by atoms with Crippen LogP contribution in [-0.2, 0) is 9.59 Å². The molecule has 3 amide bonds. The van der Waals surface area contributed by atoms with E-state index in [4.69, 9.17) is 16.3 Å². The van der Waals surface area contributed by atoms with Gasteiger partial charge in [-0.3, -0.25) is 25.2 Å². The molecule has 0 saturated carbocycles. The van der Waals surface area contributed by atoms with E-state index >= 15 is 0 Å². The lowest BCUT2D eigenvalue weighted by molar-refractivity contribution is -0.124. The lowest BCUT2D eigenvalue weighted by Gasteiger charge is -2.13. The van der Waals surface area contributed by atoms with Crippen molar-refractivity contribution in [3.63, 3.8) is 0 Å². The first kappa shape index (κ1) is 22.2. The van der Waals surface area contributed by atoms with E-state index in [1.165, 1.54) is 0 Å². The molecule has 0 aromatic heterocycles. The maximum absolute atomic E-state index is 12.2. The monoisotopic (exact) mass is 417 g/mol. The number of hydrazine groups is 1. The van der Waals surface area contributed by atoms with Gasteiger partial charge in [0.15, 0.2) is 0 Å². The summed E-state index contributed by atoms with van der Waals surface area (Å²) in [5, 5.41) is 3.04. The standard InChI is InChI=1S/C21H24ClN3O4/c1-3-14(2)29-16-8-6-7-15(13-16)21(28)25-24-20(27)12-11-19(26)23-18-10-5-4-9-17(18)22/h4-10,13-14H,3,11-12H2,1-2H3,(H,23,26)(H,24,27)(H,25,28). The molecule has 0 spiro atoms. The van der Waals surface area contributed by atoms with Crippen LogP contribution >= 0.6 is 11.6 Å². The number of benzene rings is 2. The summed E-state index contributed by atoms with van der Waals surface area (Å²) in [4.78, 5) is 36.0. The lowest BCUT2D eigenvalue weighted by Crippen LogP contribution is -2.41. The smallest absolute Gasteiger partial charge is 0.269 e. The molecule has 0 aliphatic heterocycles. The number of nitrogens with one attached hydrogen (secondary N) is 3. The van der Waals surface area contributed by atoms with Crippen LogP contribution in [0.25, 0.3) is 0 Å². The molecule has 8 heteroatoms. The van der Waals surface area contributed by atoms with Gasteiger partial charge in [0.1, 0.15) is 5.75 Å². The van der Waals surface area contributed by atoms with Gasteiger partial charge in [0, 0.05) is 18.4 Å². The lowest BCUT2D eigenvalue weighted by atomic mass is 10.2. The van der Waals surface area contributed by atoms with Gasteiger partial charge in [-0.05, 0) is 43.7 Å². The van der Waals surface area contributed by atoms with E-state index in [1.54, 1.807) is 48.5 Å². The first-order valence-electron chi connectivity index (χ1n) is 9.29. The third kappa shape index (κ3) is 7.46. The third-order valence-electron chi connectivity index (χ3n) is 4.05. The molecule has 2 rings (SSSR count). The normalized spacial score (nSPS) is 11.3. The number of hydrogen-bond donors (Lipinski definition) is 3. The number of para-hydroxylation sites is 1. The SMILES string of the molecule is CCC(C)Oc1cccc(C(=O)NNC(=O)CCC(=O)Nc2ccccc2Cl)c1. The largest absolute Gasteiger partial charge is 0.491 e. The molecule has 0 radical (unpaired) electrons. The summed E-state index contributed by atoms with van der Waals surface area (Å²) < 4.78 is 5.68. The third-order valence-corrected chi connectivity index (χ3v) is 4.38. The van der Waals surface area contributed by atoms with Crippen molar-refractivity contribution in [2.24, 2.45) is 0 Å². The average Bonchev–Trinajstić information content (AvgIpc) is 2.72. The maximum atomic E-state index is 12.2. The predicted molar refractivity (Wildman–Crippen MR) is 112 cm³/mol. The summed E-state index contributed by atoms with van der Waals surface area (Å²) in [6.45, 7) is 3.94. The van der Waals surface area contributed by atoms with Gasteiger partial charge in [0.25, 0.3) is 5.91 Å². The number of anilines is 1. The molecule has 2 aromatic rings. The minimum atomic E-state index is -0.486. The fourth-order valence-corrected chi connectivity index (χ4v) is 2.47. The Morgan fingerprint density at radius 1 is 1.00 bits per heavy atom. The number of carbonyl (C=O) groups excluding carboxylic acids is 3. The summed E-state index contributed by atoms with van der Waals surface area (Å²) in [6.07, 6.45) is 0.736. The molecule has 0 heterocycles. The Kier molecular flexibility index (Phi) is 8.48. The average molecular weight is 418 g/mol. The van der Waals surface area contributed by atoms with Crippen LogP contribution in [0, 0.1) is 0 Å². The van der Waals surface area contributed by atoms with Gasteiger partial charge in [0.05, 0.1) is 16.8 Å². The van der Waals surface area contributed by atoms with Crippen LogP contribution in [0.3, 0.4) is 0 Å². The van der Waals surface area contributed by atoms with E-state index in [0.29, 0.717) is 22.0 Å². The van der Waals surface area contributed by atoms with Crippen molar-refractivity contribution < 1.29 is 19.1 Å². The van der Waals surface area contributed by atoms with Gasteiger partial charge < -0.3 is 10.1 Å². The van der Waals surface area contributed by atoms with E-state index in [-0.39, 0.29) is 24.9 Å². The molecule has 29 heavy (non-hydrogen) atoms. The molecule has 1 unspecified atom stereocenters. The fraction of sp³-hybridized carbons (Fsp3) is 0.286. The van der Waals surface area contributed by atoms with Crippen LogP contribution in [0.2, 0.25) is 5.02 Å². The molecule has 0 aliphatic rings. The van der Waals surface area contributed by atoms with Crippen LogP contribution < -0.4 is 20.9 Å². The Balaban J connectivity index is 1.77. The van der Waals surface area contributed by atoms with Crippen molar-refractivity contribution in [3.05, 3.63) is 59.1 Å². The highest BCUT2D eigenvalue weighted by Crippen LogP contribution is 2.20. The molecular weight excluding hydrogens is 394 g/mol. The molecule has 0 fully saturated rings. The minimum Gasteiger partial charge on any atom is -0.491 e. The Hall–Kier alpha value is -3.06. The summed E-state index contributed by atoms with van der Waals surface area (Å²) in [5.41, 5.74) is 5.46. The Labute approximate surface area is 174 Å². The zero-order valence-electron chi connectivity index (χ0n) is 16.3. The number of rotatable bonds is 8. The van der Waals surface area contributed by atoms with Crippen LogP contribution in [0.5, 0.6) is 5.75 Å². The highest BCUT2D eigenvalue weighted by molar-refractivity contribution is 6.33. The predicted octanol–water partition coefficient (Wildman–Crippen LogP) is 3.70. The van der Waals surface area contributed by atoms with Gasteiger partial charge in [-0.25, -0.2) is 0 Å².